The van der Waals surface area contributed by atoms with Gasteiger partial charge in [0, 0.05) is 50.9 Å². The first-order valence-electron chi connectivity index (χ1n) is 12.6. The number of hydrogen-bond donors (Lipinski definition) is 1. The SMILES string of the molecule is CC(C)n1c(N2CCN(CC(O)C(C)(C)Oc3ccc(CC#N)cc3)CC2)cc(=O)n(C(C)C)c1=O. The summed E-state index contributed by atoms with van der Waals surface area (Å²) in [4.78, 5) is 30.0. The lowest BCUT2D eigenvalue weighted by atomic mass is 10.0. The Kier molecular flexibility index (Phi) is 8.64. The number of nitriles is 1. The van der Waals surface area contributed by atoms with Gasteiger partial charge in [-0.05, 0) is 59.2 Å². The Bertz CT molecular complexity index is 1180. The monoisotopic (exact) mass is 497 g/mol. The molecule has 1 aliphatic rings. The van der Waals surface area contributed by atoms with Crippen LogP contribution in [0.5, 0.6) is 5.75 Å². The van der Waals surface area contributed by atoms with Crippen molar-refractivity contribution in [1.82, 2.24) is 14.0 Å². The summed E-state index contributed by atoms with van der Waals surface area (Å²) in [5.74, 6) is 1.30. The minimum absolute atomic E-state index is 0.0788. The lowest BCUT2D eigenvalue weighted by molar-refractivity contribution is -0.0449. The molecule has 36 heavy (non-hydrogen) atoms. The molecule has 3 rings (SSSR count). The molecule has 1 unspecified atom stereocenters. The average Bonchev–Trinajstić information content (AvgIpc) is 2.80. The van der Waals surface area contributed by atoms with Gasteiger partial charge in [-0.3, -0.25) is 18.8 Å². The molecule has 0 aliphatic carbocycles. The van der Waals surface area contributed by atoms with Crippen LogP contribution >= 0.6 is 0 Å². The predicted molar refractivity (Wildman–Crippen MR) is 141 cm³/mol. The molecule has 9 heteroatoms. The summed E-state index contributed by atoms with van der Waals surface area (Å²) in [6, 6.07) is 10.8. The van der Waals surface area contributed by atoms with Crippen LogP contribution in [0.15, 0.2) is 39.9 Å². The fourth-order valence-electron chi connectivity index (χ4n) is 4.52. The van der Waals surface area contributed by atoms with Crippen LogP contribution in [0.1, 0.15) is 59.2 Å². The number of benzene rings is 1. The number of β-amino-alcohol motifs (C(OH)–C–C–N with tert-alkyl or cyclic N) is 1. The van der Waals surface area contributed by atoms with Crippen molar-refractivity contribution in [2.24, 2.45) is 0 Å². The predicted octanol–water partition coefficient (Wildman–Crippen LogP) is 2.58. The number of aliphatic hydroxyl groups excluding tert-OH is 1. The van der Waals surface area contributed by atoms with Crippen LogP contribution in [0.3, 0.4) is 0 Å². The van der Waals surface area contributed by atoms with Gasteiger partial charge in [-0.1, -0.05) is 12.1 Å². The van der Waals surface area contributed by atoms with Crippen molar-refractivity contribution in [3.05, 3.63) is 56.7 Å². The minimum atomic E-state index is -0.812. The molecule has 196 valence electrons. The van der Waals surface area contributed by atoms with Crippen molar-refractivity contribution < 1.29 is 9.84 Å². The smallest absolute Gasteiger partial charge is 0.333 e. The summed E-state index contributed by atoms with van der Waals surface area (Å²) < 4.78 is 9.08. The molecule has 0 spiro atoms. The summed E-state index contributed by atoms with van der Waals surface area (Å²) in [5, 5.41) is 19.8. The topological polar surface area (TPSA) is 104 Å². The molecular weight excluding hydrogens is 458 g/mol. The van der Waals surface area contributed by atoms with Gasteiger partial charge >= 0.3 is 5.69 Å². The van der Waals surface area contributed by atoms with Crippen LogP contribution in [0.2, 0.25) is 0 Å². The summed E-state index contributed by atoms with van der Waals surface area (Å²) in [5.41, 5.74) is -0.447. The molecule has 1 N–H and O–H groups in total. The number of aromatic nitrogens is 2. The normalized spacial score (nSPS) is 15.8. The van der Waals surface area contributed by atoms with Crippen molar-refractivity contribution in [3.8, 4) is 11.8 Å². The fraction of sp³-hybridized carbons (Fsp3) is 0.593. The van der Waals surface area contributed by atoms with Gasteiger partial charge in [0.25, 0.3) is 5.56 Å². The lowest BCUT2D eigenvalue weighted by Crippen LogP contribution is -2.54. The number of ether oxygens (including phenoxy) is 1. The zero-order valence-corrected chi connectivity index (χ0v) is 22.3. The summed E-state index contributed by atoms with van der Waals surface area (Å²) in [7, 11) is 0. The van der Waals surface area contributed by atoms with Gasteiger partial charge in [-0.15, -0.1) is 0 Å². The van der Waals surface area contributed by atoms with Crippen LogP contribution < -0.4 is 20.9 Å². The second kappa shape index (κ2) is 11.3. The average molecular weight is 498 g/mol. The van der Waals surface area contributed by atoms with E-state index in [1.807, 2.05) is 65.8 Å². The Labute approximate surface area is 213 Å². The highest BCUT2D eigenvalue weighted by Crippen LogP contribution is 2.24. The van der Waals surface area contributed by atoms with E-state index in [4.69, 9.17) is 10.00 Å². The number of hydrogen-bond acceptors (Lipinski definition) is 7. The maximum absolute atomic E-state index is 13.1. The van der Waals surface area contributed by atoms with Crippen molar-refractivity contribution in [1.29, 1.82) is 5.26 Å². The van der Waals surface area contributed by atoms with Crippen LogP contribution in [0.4, 0.5) is 5.82 Å². The molecule has 1 aliphatic heterocycles. The van der Waals surface area contributed by atoms with Gasteiger partial charge in [0.05, 0.1) is 12.5 Å². The van der Waals surface area contributed by atoms with E-state index in [-0.39, 0.29) is 23.3 Å². The molecule has 0 bridgehead atoms. The molecule has 2 aromatic rings. The highest BCUT2D eigenvalue weighted by Gasteiger charge is 2.33. The highest BCUT2D eigenvalue weighted by molar-refractivity contribution is 5.40. The first-order valence-corrected chi connectivity index (χ1v) is 12.6. The standard InChI is InChI=1S/C27H39N5O4/c1-19(2)31-24(17-25(34)32(20(3)4)26(31)35)30-15-13-29(14-16-30)18-23(33)27(5,6)36-22-9-7-21(8-10-22)11-12-28/h7-10,17,19-20,23,33H,11,13-16,18H2,1-6H3. The maximum Gasteiger partial charge on any atom is 0.333 e. The molecule has 2 heterocycles. The van der Waals surface area contributed by atoms with Gasteiger partial charge < -0.3 is 14.7 Å². The minimum Gasteiger partial charge on any atom is -0.485 e. The van der Waals surface area contributed by atoms with E-state index >= 15 is 0 Å². The molecule has 0 amide bonds. The Balaban J connectivity index is 1.65. The lowest BCUT2D eigenvalue weighted by Gasteiger charge is -2.40. The number of anilines is 1. The molecule has 1 atom stereocenters. The van der Waals surface area contributed by atoms with E-state index in [1.54, 1.807) is 10.6 Å². The summed E-state index contributed by atoms with van der Waals surface area (Å²) in [6.07, 6.45) is -0.380. The third-order valence-electron chi connectivity index (χ3n) is 6.70. The molecule has 1 fully saturated rings. The third kappa shape index (κ3) is 6.18. The zero-order valence-electron chi connectivity index (χ0n) is 22.3. The largest absolute Gasteiger partial charge is 0.485 e. The van der Waals surface area contributed by atoms with Crippen molar-refractivity contribution in [2.45, 2.75) is 71.8 Å². The van der Waals surface area contributed by atoms with E-state index in [0.717, 1.165) is 5.56 Å². The van der Waals surface area contributed by atoms with Crippen LogP contribution in [0.25, 0.3) is 0 Å². The van der Waals surface area contributed by atoms with Gasteiger partial charge in [-0.25, -0.2) is 4.79 Å². The van der Waals surface area contributed by atoms with E-state index in [9.17, 15) is 14.7 Å². The molecule has 1 saturated heterocycles. The van der Waals surface area contributed by atoms with Gasteiger partial charge in [0.2, 0.25) is 0 Å². The Hall–Kier alpha value is -3.09. The second-order valence-corrected chi connectivity index (χ2v) is 10.5. The Morgan fingerprint density at radius 1 is 1.00 bits per heavy atom. The van der Waals surface area contributed by atoms with E-state index in [2.05, 4.69) is 15.9 Å². The third-order valence-corrected chi connectivity index (χ3v) is 6.70. The summed E-state index contributed by atoms with van der Waals surface area (Å²) in [6.45, 7) is 14.4. The Morgan fingerprint density at radius 2 is 1.58 bits per heavy atom. The van der Waals surface area contributed by atoms with Crippen molar-refractivity contribution in [2.75, 3.05) is 37.6 Å². The second-order valence-electron chi connectivity index (χ2n) is 10.5. The van der Waals surface area contributed by atoms with Crippen LogP contribution in [0, 0.1) is 11.3 Å². The van der Waals surface area contributed by atoms with Gasteiger partial charge in [0.1, 0.15) is 23.3 Å². The Morgan fingerprint density at radius 3 is 2.11 bits per heavy atom. The first kappa shape index (κ1) is 27.5. The van der Waals surface area contributed by atoms with Gasteiger partial charge in [-0.2, -0.15) is 5.26 Å². The van der Waals surface area contributed by atoms with Crippen LogP contribution in [-0.2, 0) is 6.42 Å². The van der Waals surface area contributed by atoms with Crippen molar-refractivity contribution in [3.63, 3.8) is 0 Å². The molecule has 1 aromatic heterocycles. The van der Waals surface area contributed by atoms with E-state index < -0.39 is 11.7 Å². The molecule has 1 aromatic carbocycles. The molecular formula is C27H39N5O4. The van der Waals surface area contributed by atoms with Crippen molar-refractivity contribution >= 4 is 5.82 Å². The summed E-state index contributed by atoms with van der Waals surface area (Å²) >= 11 is 0. The highest BCUT2D eigenvalue weighted by atomic mass is 16.5. The molecule has 9 nitrogen and oxygen atoms in total. The first-order chi connectivity index (χ1) is 16.9. The van der Waals surface area contributed by atoms with E-state index in [1.165, 1.54) is 4.57 Å². The zero-order chi connectivity index (χ0) is 26.6. The quantitative estimate of drug-likeness (QED) is 0.568. The number of piperazine rings is 1. The number of aliphatic hydroxyl groups is 1. The van der Waals surface area contributed by atoms with Gasteiger partial charge in [0.15, 0.2) is 0 Å². The van der Waals surface area contributed by atoms with E-state index in [0.29, 0.717) is 50.7 Å². The maximum atomic E-state index is 13.1. The number of nitrogens with zero attached hydrogens (tertiary/aromatic N) is 5. The molecule has 0 radical (unpaired) electrons. The molecule has 0 saturated carbocycles. The fourth-order valence-corrected chi connectivity index (χ4v) is 4.52. The number of rotatable bonds is 9. The van der Waals surface area contributed by atoms with Crippen LogP contribution in [-0.4, -0.2) is 63.6 Å².